The van der Waals surface area contributed by atoms with E-state index in [9.17, 15) is 9.59 Å². The molecule has 0 fully saturated rings. The van der Waals surface area contributed by atoms with E-state index in [-0.39, 0.29) is 28.9 Å². The molecule has 0 aliphatic heterocycles. The molecule has 0 N–H and O–H groups in total. The molecule has 0 aliphatic carbocycles. The number of ether oxygens (including phenoxy) is 2. The summed E-state index contributed by atoms with van der Waals surface area (Å²) in [5, 5.41) is 0. The van der Waals surface area contributed by atoms with Gasteiger partial charge in [-0.05, 0) is 38.2 Å². The van der Waals surface area contributed by atoms with Gasteiger partial charge in [-0.3, -0.25) is 9.59 Å². The first-order valence-electron chi connectivity index (χ1n) is 9.82. The van der Waals surface area contributed by atoms with E-state index in [4.69, 9.17) is 9.47 Å². The van der Waals surface area contributed by atoms with E-state index < -0.39 is 0 Å². The van der Waals surface area contributed by atoms with E-state index in [1.807, 2.05) is 58.0 Å². The van der Waals surface area contributed by atoms with Crippen molar-refractivity contribution in [2.24, 2.45) is 11.3 Å². The zero-order chi connectivity index (χ0) is 21.1. The van der Waals surface area contributed by atoms with Gasteiger partial charge in [-0.2, -0.15) is 0 Å². The van der Waals surface area contributed by atoms with Gasteiger partial charge in [0, 0.05) is 6.42 Å². The predicted octanol–water partition coefficient (Wildman–Crippen LogP) is 5.93. The van der Waals surface area contributed by atoms with Crippen LogP contribution in [0.25, 0.3) is 0 Å². The van der Waals surface area contributed by atoms with Gasteiger partial charge in [-0.15, -0.1) is 0 Å². The van der Waals surface area contributed by atoms with Crippen LogP contribution in [0.4, 0.5) is 0 Å². The normalized spacial score (nSPS) is 12.4. The Labute approximate surface area is 165 Å². The minimum absolute atomic E-state index is 0.0383. The average molecular weight is 379 g/mol. The molecule has 0 amide bonds. The Kier molecular flexibility index (Phi) is 11.0. The molecule has 1 unspecified atom stereocenters. The minimum atomic E-state index is -0.326. The van der Waals surface area contributed by atoms with Crippen molar-refractivity contribution in [2.75, 3.05) is 0 Å². The van der Waals surface area contributed by atoms with Crippen LogP contribution in [0.15, 0.2) is 30.3 Å². The highest BCUT2D eigenvalue weighted by molar-refractivity contribution is 5.72. The smallest absolute Gasteiger partial charge is 0.309 e. The third kappa shape index (κ3) is 13.0. The summed E-state index contributed by atoms with van der Waals surface area (Å²) in [5.41, 5.74) is 0.908. The fourth-order valence-electron chi connectivity index (χ4n) is 2.34. The van der Waals surface area contributed by atoms with Crippen molar-refractivity contribution in [1.29, 1.82) is 0 Å². The number of benzene rings is 1. The molecule has 27 heavy (non-hydrogen) atoms. The van der Waals surface area contributed by atoms with Gasteiger partial charge in [0.1, 0.15) is 12.2 Å². The van der Waals surface area contributed by atoms with Crippen LogP contribution in [0.2, 0.25) is 0 Å². The molecule has 4 heteroatoms. The number of carbonyl (C=O) groups is 2. The van der Waals surface area contributed by atoms with Gasteiger partial charge in [0.25, 0.3) is 0 Å². The lowest BCUT2D eigenvalue weighted by molar-refractivity contribution is -0.154. The van der Waals surface area contributed by atoms with Crippen LogP contribution in [-0.2, 0) is 25.7 Å². The summed E-state index contributed by atoms with van der Waals surface area (Å²) < 4.78 is 10.3. The van der Waals surface area contributed by atoms with Crippen LogP contribution in [0.3, 0.4) is 0 Å². The van der Waals surface area contributed by atoms with Crippen LogP contribution < -0.4 is 0 Å². The molecule has 0 aromatic heterocycles. The zero-order valence-corrected chi connectivity index (χ0v) is 18.4. The maximum absolute atomic E-state index is 11.9. The Morgan fingerprint density at radius 3 is 1.96 bits per heavy atom. The van der Waals surface area contributed by atoms with Crippen LogP contribution >= 0.6 is 0 Å². The van der Waals surface area contributed by atoms with E-state index in [1.54, 1.807) is 6.92 Å². The second-order valence-corrected chi connectivity index (χ2v) is 8.66. The molecule has 1 atom stereocenters. The third-order valence-electron chi connectivity index (χ3n) is 4.15. The quantitative estimate of drug-likeness (QED) is 0.552. The first kappa shape index (κ1) is 25.2. The van der Waals surface area contributed by atoms with Crippen LogP contribution in [0.1, 0.15) is 80.2 Å². The van der Waals surface area contributed by atoms with Gasteiger partial charge in [0.15, 0.2) is 0 Å². The first-order chi connectivity index (χ1) is 12.4. The highest BCUT2D eigenvalue weighted by Crippen LogP contribution is 2.29. The van der Waals surface area contributed by atoms with Crippen molar-refractivity contribution in [1.82, 2.24) is 0 Å². The summed E-state index contributed by atoms with van der Waals surface area (Å²) in [7, 11) is 0. The fourth-order valence-corrected chi connectivity index (χ4v) is 2.34. The highest BCUT2D eigenvalue weighted by Gasteiger charge is 2.24. The van der Waals surface area contributed by atoms with Crippen molar-refractivity contribution >= 4 is 11.9 Å². The van der Waals surface area contributed by atoms with E-state index in [0.29, 0.717) is 13.0 Å². The van der Waals surface area contributed by atoms with Gasteiger partial charge in [-0.1, -0.05) is 71.4 Å². The monoisotopic (exact) mass is 378 g/mol. The van der Waals surface area contributed by atoms with E-state index >= 15 is 0 Å². The first-order valence-corrected chi connectivity index (χ1v) is 9.82. The number of hydrogen-bond donors (Lipinski definition) is 0. The molecule has 0 radical (unpaired) electrons. The van der Waals surface area contributed by atoms with Crippen LogP contribution in [-0.4, -0.2) is 17.5 Å². The van der Waals surface area contributed by atoms with Gasteiger partial charge >= 0.3 is 11.9 Å². The summed E-state index contributed by atoms with van der Waals surface area (Å²) in [6.45, 7) is 16.2. The van der Waals surface area contributed by atoms with Crippen LogP contribution in [0, 0.1) is 11.3 Å². The molecule has 1 aromatic carbocycles. The molecule has 0 heterocycles. The molecule has 0 aliphatic rings. The summed E-state index contributed by atoms with van der Waals surface area (Å²) in [5.74, 6) is -0.272. The lowest BCUT2D eigenvalue weighted by Gasteiger charge is -2.25. The van der Waals surface area contributed by atoms with Crippen molar-refractivity contribution in [3.8, 4) is 0 Å². The Bertz CT molecular complexity index is 555. The van der Waals surface area contributed by atoms with Crippen molar-refractivity contribution in [2.45, 2.75) is 86.9 Å². The second-order valence-electron chi connectivity index (χ2n) is 8.66. The maximum Gasteiger partial charge on any atom is 0.309 e. The molecule has 0 spiro atoms. The number of carbonyl (C=O) groups excluding carboxylic acids is 2. The molecule has 0 saturated heterocycles. The van der Waals surface area contributed by atoms with Crippen molar-refractivity contribution < 1.29 is 19.1 Å². The second kappa shape index (κ2) is 11.8. The largest absolute Gasteiger partial charge is 0.461 e. The fraction of sp³-hybridized carbons (Fsp3) is 0.652. The highest BCUT2D eigenvalue weighted by atomic mass is 16.6. The topological polar surface area (TPSA) is 52.6 Å². The number of rotatable bonds is 7. The van der Waals surface area contributed by atoms with E-state index in [0.717, 1.165) is 18.4 Å². The molecule has 154 valence electrons. The maximum atomic E-state index is 11.9. The summed E-state index contributed by atoms with van der Waals surface area (Å²) >= 11 is 0. The molecular weight excluding hydrogens is 340 g/mol. The van der Waals surface area contributed by atoms with Crippen molar-refractivity contribution in [3.05, 3.63) is 35.9 Å². The van der Waals surface area contributed by atoms with E-state index in [1.165, 1.54) is 0 Å². The Hall–Kier alpha value is -1.84. The minimum Gasteiger partial charge on any atom is -0.461 e. The Morgan fingerprint density at radius 1 is 1.00 bits per heavy atom. The molecule has 0 saturated carbocycles. The molecule has 4 nitrogen and oxygen atoms in total. The number of esters is 2. The predicted molar refractivity (Wildman–Crippen MR) is 110 cm³/mol. The molecule has 1 rings (SSSR count). The van der Waals surface area contributed by atoms with Crippen LogP contribution in [0.5, 0.6) is 0 Å². The summed E-state index contributed by atoms with van der Waals surface area (Å²) in [6, 6.07) is 9.79. The number of hydrogen-bond acceptors (Lipinski definition) is 4. The SMILES string of the molecule is CCC(=O)OC(C)(C)C.CCC(C)(C)CC(C)C(=O)OCc1ccccc1. The molecule has 0 bridgehead atoms. The standard InChI is InChI=1S/C16H24O2.C7H14O2/c1-5-16(3,4)11-13(2)15(17)18-12-14-9-7-6-8-10-14;1-5-6(8)9-7(2,3)4/h6-10,13H,5,11-12H2,1-4H3;5H2,1-4H3. The van der Waals surface area contributed by atoms with Gasteiger partial charge in [-0.25, -0.2) is 0 Å². The molecule has 1 aromatic rings. The van der Waals surface area contributed by atoms with Crippen molar-refractivity contribution in [3.63, 3.8) is 0 Å². The Balaban J connectivity index is 0.000000636. The molecular formula is C23H38O4. The van der Waals surface area contributed by atoms with Gasteiger partial charge in [0.2, 0.25) is 0 Å². The Morgan fingerprint density at radius 2 is 1.56 bits per heavy atom. The summed E-state index contributed by atoms with van der Waals surface area (Å²) in [6.07, 6.45) is 2.40. The zero-order valence-electron chi connectivity index (χ0n) is 18.4. The average Bonchev–Trinajstić information content (AvgIpc) is 2.59. The lowest BCUT2D eigenvalue weighted by Crippen LogP contribution is -2.23. The van der Waals surface area contributed by atoms with Gasteiger partial charge in [0.05, 0.1) is 5.92 Å². The lowest BCUT2D eigenvalue weighted by atomic mass is 9.81. The third-order valence-corrected chi connectivity index (χ3v) is 4.15. The summed E-state index contributed by atoms with van der Waals surface area (Å²) in [4.78, 5) is 22.5. The van der Waals surface area contributed by atoms with E-state index in [2.05, 4.69) is 20.8 Å². The van der Waals surface area contributed by atoms with Gasteiger partial charge < -0.3 is 9.47 Å².